The van der Waals surface area contributed by atoms with Crippen molar-refractivity contribution in [2.24, 2.45) is 0 Å². The Morgan fingerprint density at radius 1 is 1.25 bits per heavy atom. The lowest BCUT2D eigenvalue weighted by Crippen LogP contribution is -2.00. The van der Waals surface area contributed by atoms with Gasteiger partial charge in [-0.2, -0.15) is 0 Å². The minimum absolute atomic E-state index is 0.230. The van der Waals surface area contributed by atoms with Crippen LogP contribution in [0.25, 0.3) is 0 Å². The molecule has 16 heavy (non-hydrogen) atoms. The number of rotatable bonds is 3. The highest BCUT2D eigenvalue weighted by molar-refractivity contribution is 5.43. The summed E-state index contributed by atoms with van der Waals surface area (Å²) in [6, 6.07) is 10.4. The molecule has 0 fully saturated rings. The minimum atomic E-state index is -0.230. The van der Waals surface area contributed by atoms with Gasteiger partial charge in [-0.1, -0.05) is 12.1 Å². The summed E-state index contributed by atoms with van der Waals surface area (Å²) in [4.78, 5) is 4.19. The zero-order valence-corrected chi connectivity index (χ0v) is 9.07. The number of halogens is 1. The molecule has 2 rings (SSSR count). The van der Waals surface area contributed by atoms with Gasteiger partial charge in [0.2, 0.25) is 0 Å². The molecule has 0 atom stereocenters. The van der Waals surface area contributed by atoms with Crippen molar-refractivity contribution in [1.82, 2.24) is 4.98 Å². The number of aromatic nitrogens is 1. The van der Waals surface area contributed by atoms with Crippen LogP contribution in [0, 0.1) is 12.7 Å². The molecule has 0 aliphatic rings. The molecule has 0 saturated carbocycles. The third kappa shape index (κ3) is 2.79. The maximum Gasteiger partial charge on any atom is 0.125 e. The van der Waals surface area contributed by atoms with Crippen LogP contribution in [0.4, 0.5) is 10.1 Å². The van der Waals surface area contributed by atoms with Crippen LogP contribution in [-0.4, -0.2) is 4.98 Å². The number of anilines is 1. The summed E-state index contributed by atoms with van der Waals surface area (Å²) in [6.07, 6.45) is 1.82. The van der Waals surface area contributed by atoms with Gasteiger partial charge in [-0.05, 0) is 36.8 Å². The number of nitrogens with zero attached hydrogens (tertiary/aromatic N) is 1. The number of aryl methyl sites for hydroxylation is 1. The van der Waals surface area contributed by atoms with Crippen LogP contribution in [0.2, 0.25) is 0 Å². The fraction of sp³-hybridized carbons (Fsp3) is 0.154. The Hall–Kier alpha value is -1.90. The summed E-state index contributed by atoms with van der Waals surface area (Å²) in [5.74, 6) is -0.230. The molecule has 0 aliphatic carbocycles. The van der Waals surface area contributed by atoms with Crippen molar-refractivity contribution >= 4 is 5.69 Å². The van der Waals surface area contributed by atoms with Crippen molar-refractivity contribution in [3.8, 4) is 0 Å². The Kier molecular flexibility index (Phi) is 3.15. The third-order valence-corrected chi connectivity index (χ3v) is 2.29. The van der Waals surface area contributed by atoms with E-state index in [4.69, 9.17) is 0 Å². The van der Waals surface area contributed by atoms with Gasteiger partial charge in [-0.15, -0.1) is 0 Å². The van der Waals surface area contributed by atoms with E-state index in [-0.39, 0.29) is 5.82 Å². The van der Waals surface area contributed by atoms with Crippen LogP contribution < -0.4 is 5.32 Å². The monoisotopic (exact) mass is 216 g/mol. The zero-order chi connectivity index (χ0) is 11.4. The predicted octanol–water partition coefficient (Wildman–Crippen LogP) is 3.14. The molecule has 1 heterocycles. The van der Waals surface area contributed by atoms with Gasteiger partial charge in [-0.3, -0.25) is 4.98 Å². The maximum atomic E-state index is 12.9. The van der Waals surface area contributed by atoms with Crippen molar-refractivity contribution in [3.05, 3.63) is 59.7 Å². The van der Waals surface area contributed by atoms with Crippen molar-refractivity contribution in [1.29, 1.82) is 0 Å². The van der Waals surface area contributed by atoms with Gasteiger partial charge in [-0.25, -0.2) is 4.39 Å². The first-order valence-electron chi connectivity index (χ1n) is 5.15. The second kappa shape index (κ2) is 4.75. The first kappa shape index (κ1) is 10.6. The van der Waals surface area contributed by atoms with E-state index < -0.39 is 0 Å². The quantitative estimate of drug-likeness (QED) is 0.852. The van der Waals surface area contributed by atoms with Crippen LogP contribution in [0.3, 0.4) is 0 Å². The Morgan fingerprint density at radius 2 is 2.12 bits per heavy atom. The van der Waals surface area contributed by atoms with E-state index in [2.05, 4.69) is 10.3 Å². The third-order valence-electron chi connectivity index (χ3n) is 2.29. The SMILES string of the molecule is Cc1ccc(CNc2cccc(F)c2)cn1. The van der Waals surface area contributed by atoms with Crippen molar-refractivity contribution in [3.63, 3.8) is 0 Å². The predicted molar refractivity (Wildman–Crippen MR) is 62.7 cm³/mol. The second-order valence-corrected chi connectivity index (χ2v) is 3.67. The van der Waals surface area contributed by atoms with Gasteiger partial charge in [0.1, 0.15) is 5.82 Å². The van der Waals surface area contributed by atoms with Crippen LogP contribution in [0.15, 0.2) is 42.6 Å². The van der Waals surface area contributed by atoms with E-state index in [9.17, 15) is 4.39 Å². The Balaban J connectivity index is 1.99. The molecule has 0 amide bonds. The molecule has 0 unspecified atom stereocenters. The van der Waals surface area contributed by atoms with Crippen LogP contribution in [0.1, 0.15) is 11.3 Å². The highest BCUT2D eigenvalue weighted by Crippen LogP contribution is 2.10. The average molecular weight is 216 g/mol. The lowest BCUT2D eigenvalue weighted by Gasteiger charge is -2.06. The summed E-state index contributed by atoms with van der Waals surface area (Å²) in [5.41, 5.74) is 2.85. The molecule has 0 spiro atoms. The molecule has 82 valence electrons. The number of hydrogen-bond acceptors (Lipinski definition) is 2. The molecule has 0 aliphatic heterocycles. The molecule has 2 nitrogen and oxygen atoms in total. The Labute approximate surface area is 94.2 Å². The average Bonchev–Trinajstić information content (AvgIpc) is 2.28. The molecule has 1 N–H and O–H groups in total. The van der Waals surface area contributed by atoms with Crippen molar-refractivity contribution in [2.75, 3.05) is 5.32 Å². The first-order valence-corrected chi connectivity index (χ1v) is 5.15. The fourth-order valence-electron chi connectivity index (χ4n) is 1.41. The van der Waals surface area contributed by atoms with Crippen LogP contribution >= 0.6 is 0 Å². The normalized spacial score (nSPS) is 10.1. The van der Waals surface area contributed by atoms with Gasteiger partial charge in [0.05, 0.1) is 0 Å². The molecule has 2 aromatic rings. The minimum Gasteiger partial charge on any atom is -0.381 e. The van der Waals surface area contributed by atoms with Gasteiger partial charge in [0.15, 0.2) is 0 Å². The summed E-state index contributed by atoms with van der Waals surface area (Å²) in [6.45, 7) is 2.60. The molecule has 1 aromatic heterocycles. The van der Waals surface area contributed by atoms with Crippen LogP contribution in [0.5, 0.6) is 0 Å². The van der Waals surface area contributed by atoms with Gasteiger partial charge >= 0.3 is 0 Å². The molecule has 0 bridgehead atoms. The lowest BCUT2D eigenvalue weighted by molar-refractivity contribution is 0.628. The number of pyridine rings is 1. The van der Waals surface area contributed by atoms with Gasteiger partial charge < -0.3 is 5.32 Å². The lowest BCUT2D eigenvalue weighted by atomic mass is 10.2. The molecule has 0 radical (unpaired) electrons. The fourth-order valence-corrected chi connectivity index (χ4v) is 1.41. The Bertz CT molecular complexity index is 466. The van der Waals surface area contributed by atoms with E-state index in [1.807, 2.05) is 31.3 Å². The zero-order valence-electron chi connectivity index (χ0n) is 9.07. The van der Waals surface area contributed by atoms with E-state index in [0.717, 1.165) is 16.9 Å². The molecule has 1 aromatic carbocycles. The second-order valence-electron chi connectivity index (χ2n) is 3.67. The standard InChI is InChI=1S/C13H13FN2/c1-10-5-6-11(8-15-10)9-16-13-4-2-3-12(14)7-13/h2-8,16H,9H2,1H3. The number of benzene rings is 1. The van der Waals surface area contributed by atoms with E-state index in [0.29, 0.717) is 6.54 Å². The van der Waals surface area contributed by atoms with Gasteiger partial charge in [0.25, 0.3) is 0 Å². The summed E-state index contributed by atoms with van der Waals surface area (Å²) in [7, 11) is 0. The highest BCUT2D eigenvalue weighted by Gasteiger charge is 1.96. The molecular formula is C13H13FN2. The number of hydrogen-bond donors (Lipinski definition) is 1. The largest absolute Gasteiger partial charge is 0.381 e. The maximum absolute atomic E-state index is 12.9. The molecular weight excluding hydrogens is 203 g/mol. The highest BCUT2D eigenvalue weighted by atomic mass is 19.1. The summed E-state index contributed by atoms with van der Waals surface area (Å²) < 4.78 is 12.9. The number of nitrogens with one attached hydrogen (secondary N) is 1. The summed E-state index contributed by atoms with van der Waals surface area (Å²) >= 11 is 0. The van der Waals surface area contributed by atoms with Crippen molar-refractivity contribution < 1.29 is 4.39 Å². The Morgan fingerprint density at radius 3 is 2.81 bits per heavy atom. The topological polar surface area (TPSA) is 24.9 Å². The smallest absolute Gasteiger partial charge is 0.125 e. The van der Waals surface area contributed by atoms with Gasteiger partial charge in [0, 0.05) is 24.1 Å². The van der Waals surface area contributed by atoms with E-state index >= 15 is 0 Å². The van der Waals surface area contributed by atoms with Crippen LogP contribution in [-0.2, 0) is 6.54 Å². The molecule has 3 heteroatoms. The van der Waals surface area contributed by atoms with E-state index in [1.54, 1.807) is 6.07 Å². The first-order chi connectivity index (χ1) is 7.74. The van der Waals surface area contributed by atoms with Crippen molar-refractivity contribution in [2.45, 2.75) is 13.5 Å². The summed E-state index contributed by atoms with van der Waals surface area (Å²) in [5, 5.41) is 3.14. The van der Waals surface area contributed by atoms with E-state index in [1.165, 1.54) is 12.1 Å². The molecule has 0 saturated heterocycles.